The van der Waals surface area contributed by atoms with Gasteiger partial charge in [0.1, 0.15) is 0 Å². The molecule has 3 heteroatoms. The van der Waals surface area contributed by atoms with Gasteiger partial charge in [-0.05, 0) is 45.6 Å². The van der Waals surface area contributed by atoms with Crippen LogP contribution in [0, 0.1) is 0 Å². The molecular weight excluding hydrogens is 294 g/mol. The number of pyridine rings is 1. The van der Waals surface area contributed by atoms with Gasteiger partial charge in [-0.25, -0.2) is 0 Å². The van der Waals surface area contributed by atoms with E-state index < -0.39 is 0 Å². The van der Waals surface area contributed by atoms with Crippen molar-refractivity contribution in [3.63, 3.8) is 0 Å². The van der Waals surface area contributed by atoms with Crippen molar-refractivity contribution < 1.29 is 0 Å². The first kappa shape index (κ1) is 12.7. The Bertz CT molecular complexity index is 494. The Morgan fingerprint density at radius 2 is 1.82 bits per heavy atom. The van der Waals surface area contributed by atoms with E-state index in [-0.39, 0.29) is 0 Å². The molecule has 1 aromatic carbocycles. The number of hydrogen-bond donors (Lipinski definition) is 0. The van der Waals surface area contributed by atoms with Crippen LogP contribution in [-0.4, -0.2) is 4.98 Å². The van der Waals surface area contributed by atoms with Gasteiger partial charge in [-0.2, -0.15) is 0 Å². The average molecular weight is 308 g/mol. The van der Waals surface area contributed by atoms with Crippen molar-refractivity contribution in [1.29, 1.82) is 0 Å². The van der Waals surface area contributed by atoms with E-state index in [9.17, 15) is 0 Å². The molecule has 0 N–H and O–H groups in total. The monoisotopic (exact) mass is 307 g/mol. The molecule has 0 unspecified atom stereocenters. The Kier molecular flexibility index (Phi) is 4.24. The first-order chi connectivity index (χ1) is 8.16. The van der Waals surface area contributed by atoms with Crippen molar-refractivity contribution in [2.75, 3.05) is 0 Å². The van der Waals surface area contributed by atoms with Gasteiger partial charge in [-0.15, -0.1) is 0 Å². The summed E-state index contributed by atoms with van der Waals surface area (Å²) < 4.78 is 1.04. The SMILES string of the molecule is CC(C)c1ccc(Sc2ccncc2Br)cc1. The zero-order chi connectivity index (χ0) is 12.3. The van der Waals surface area contributed by atoms with E-state index in [2.05, 4.69) is 59.0 Å². The van der Waals surface area contributed by atoms with Crippen molar-refractivity contribution >= 4 is 27.7 Å². The molecular formula is C14H14BrNS. The zero-order valence-electron chi connectivity index (χ0n) is 9.85. The van der Waals surface area contributed by atoms with Crippen LogP contribution in [0.5, 0.6) is 0 Å². The number of aromatic nitrogens is 1. The summed E-state index contributed by atoms with van der Waals surface area (Å²) in [6, 6.07) is 10.8. The van der Waals surface area contributed by atoms with Crippen molar-refractivity contribution in [2.45, 2.75) is 29.6 Å². The molecule has 0 radical (unpaired) electrons. The van der Waals surface area contributed by atoms with Crippen LogP contribution in [0.2, 0.25) is 0 Å². The summed E-state index contributed by atoms with van der Waals surface area (Å²) in [7, 11) is 0. The van der Waals surface area contributed by atoms with Gasteiger partial charge in [-0.1, -0.05) is 37.7 Å². The fourth-order valence-corrected chi connectivity index (χ4v) is 2.79. The number of benzene rings is 1. The quantitative estimate of drug-likeness (QED) is 0.780. The van der Waals surface area contributed by atoms with Crippen molar-refractivity contribution in [3.05, 3.63) is 52.8 Å². The molecule has 0 aliphatic heterocycles. The van der Waals surface area contributed by atoms with Crippen LogP contribution in [0.3, 0.4) is 0 Å². The second-order valence-corrected chi connectivity index (χ2v) is 6.10. The van der Waals surface area contributed by atoms with Crippen molar-refractivity contribution in [2.24, 2.45) is 0 Å². The lowest BCUT2D eigenvalue weighted by atomic mass is 10.0. The molecule has 2 aromatic rings. The molecule has 88 valence electrons. The zero-order valence-corrected chi connectivity index (χ0v) is 12.3. The van der Waals surface area contributed by atoms with Crippen LogP contribution < -0.4 is 0 Å². The number of rotatable bonds is 3. The molecule has 0 bridgehead atoms. The Hall–Kier alpha value is -0.800. The first-order valence-electron chi connectivity index (χ1n) is 5.54. The topological polar surface area (TPSA) is 12.9 Å². The summed E-state index contributed by atoms with van der Waals surface area (Å²) in [4.78, 5) is 6.51. The lowest BCUT2D eigenvalue weighted by molar-refractivity contribution is 0.865. The van der Waals surface area contributed by atoms with Gasteiger partial charge in [0, 0.05) is 26.7 Å². The van der Waals surface area contributed by atoms with E-state index in [1.54, 1.807) is 11.8 Å². The minimum absolute atomic E-state index is 0.585. The Balaban J connectivity index is 2.17. The van der Waals surface area contributed by atoms with E-state index in [0.717, 1.165) is 4.47 Å². The number of halogens is 1. The highest BCUT2D eigenvalue weighted by atomic mass is 79.9. The molecule has 0 saturated carbocycles. The van der Waals surface area contributed by atoms with Crippen molar-refractivity contribution in [3.8, 4) is 0 Å². The summed E-state index contributed by atoms with van der Waals surface area (Å²) in [6.07, 6.45) is 3.64. The number of hydrogen-bond acceptors (Lipinski definition) is 2. The summed E-state index contributed by atoms with van der Waals surface area (Å²) in [5, 5.41) is 0. The highest BCUT2D eigenvalue weighted by Crippen LogP contribution is 2.33. The van der Waals surface area contributed by atoms with E-state index >= 15 is 0 Å². The molecule has 17 heavy (non-hydrogen) atoms. The highest BCUT2D eigenvalue weighted by molar-refractivity contribution is 9.10. The lowest BCUT2D eigenvalue weighted by Crippen LogP contribution is -1.86. The van der Waals surface area contributed by atoms with Gasteiger partial charge in [0.15, 0.2) is 0 Å². The van der Waals surface area contributed by atoms with Crippen LogP contribution in [0.4, 0.5) is 0 Å². The molecule has 0 fully saturated rings. The molecule has 0 amide bonds. The second-order valence-electron chi connectivity index (χ2n) is 4.13. The summed E-state index contributed by atoms with van der Waals surface area (Å²) >= 11 is 5.26. The standard InChI is InChI=1S/C14H14BrNS/c1-10(2)11-3-5-12(6-4-11)17-14-7-8-16-9-13(14)15/h3-10H,1-2H3. The molecule has 0 aliphatic carbocycles. The van der Waals surface area contributed by atoms with E-state index in [0.29, 0.717) is 5.92 Å². The molecule has 0 aliphatic rings. The van der Waals surface area contributed by atoms with Crippen LogP contribution in [-0.2, 0) is 0 Å². The molecule has 0 atom stereocenters. The minimum Gasteiger partial charge on any atom is -0.263 e. The Labute approximate surface area is 115 Å². The van der Waals surface area contributed by atoms with E-state index in [4.69, 9.17) is 0 Å². The maximum atomic E-state index is 4.06. The van der Waals surface area contributed by atoms with Crippen molar-refractivity contribution in [1.82, 2.24) is 4.98 Å². The Morgan fingerprint density at radius 1 is 1.12 bits per heavy atom. The molecule has 2 rings (SSSR count). The largest absolute Gasteiger partial charge is 0.263 e. The van der Waals surface area contributed by atoms with Crippen LogP contribution >= 0.6 is 27.7 Å². The van der Waals surface area contributed by atoms with Gasteiger partial charge in [0.05, 0.1) is 0 Å². The maximum Gasteiger partial charge on any atom is 0.0498 e. The number of nitrogens with zero attached hydrogens (tertiary/aromatic N) is 1. The maximum absolute atomic E-state index is 4.06. The van der Waals surface area contributed by atoms with Gasteiger partial charge in [0.2, 0.25) is 0 Å². The van der Waals surface area contributed by atoms with Crippen LogP contribution in [0.15, 0.2) is 57.0 Å². The average Bonchev–Trinajstić information content (AvgIpc) is 2.33. The van der Waals surface area contributed by atoms with Gasteiger partial charge < -0.3 is 0 Å². The van der Waals surface area contributed by atoms with Gasteiger partial charge in [0.25, 0.3) is 0 Å². The van der Waals surface area contributed by atoms with Crippen LogP contribution in [0.1, 0.15) is 25.3 Å². The second kappa shape index (κ2) is 5.69. The lowest BCUT2D eigenvalue weighted by Gasteiger charge is -2.07. The third kappa shape index (κ3) is 3.33. The summed E-state index contributed by atoms with van der Waals surface area (Å²) in [5.74, 6) is 0.585. The first-order valence-corrected chi connectivity index (χ1v) is 7.15. The fraction of sp³-hybridized carbons (Fsp3) is 0.214. The van der Waals surface area contributed by atoms with Crippen LogP contribution in [0.25, 0.3) is 0 Å². The predicted molar refractivity (Wildman–Crippen MR) is 76.6 cm³/mol. The smallest absolute Gasteiger partial charge is 0.0498 e. The van der Waals surface area contributed by atoms with E-state index in [1.165, 1.54) is 15.4 Å². The minimum atomic E-state index is 0.585. The molecule has 0 spiro atoms. The molecule has 1 aromatic heterocycles. The van der Waals surface area contributed by atoms with E-state index in [1.807, 2.05) is 18.5 Å². The highest BCUT2D eigenvalue weighted by Gasteiger charge is 2.03. The third-order valence-electron chi connectivity index (χ3n) is 2.51. The normalized spacial score (nSPS) is 10.8. The fourth-order valence-electron chi connectivity index (χ4n) is 1.49. The summed E-state index contributed by atoms with van der Waals surface area (Å²) in [6.45, 7) is 4.42. The third-order valence-corrected chi connectivity index (χ3v) is 4.49. The summed E-state index contributed by atoms with van der Waals surface area (Å²) in [5.41, 5.74) is 1.38. The van der Waals surface area contributed by atoms with Gasteiger partial charge in [-0.3, -0.25) is 4.98 Å². The Morgan fingerprint density at radius 3 is 2.41 bits per heavy atom. The molecule has 0 saturated heterocycles. The predicted octanol–water partition coefficient (Wildman–Crippen LogP) is 5.12. The molecule has 1 heterocycles. The molecule has 1 nitrogen and oxygen atoms in total. The van der Waals surface area contributed by atoms with Gasteiger partial charge >= 0.3 is 0 Å².